The fourth-order valence-electron chi connectivity index (χ4n) is 2.22. The SMILES string of the molecule is CN(C)c1ccc(C(CCc2noc(C(F)(F)F)n2)C(N)=O)cc1. The van der Waals surface area contributed by atoms with Gasteiger partial charge >= 0.3 is 12.1 Å². The van der Waals surface area contributed by atoms with Crippen LogP contribution in [0.1, 0.15) is 29.6 Å². The maximum atomic E-state index is 12.4. The predicted octanol–water partition coefficient (Wildman–Crippen LogP) is 2.36. The Morgan fingerprint density at radius 2 is 1.92 bits per heavy atom. The Morgan fingerprint density at radius 3 is 2.38 bits per heavy atom. The first-order valence-electron chi connectivity index (χ1n) is 7.15. The van der Waals surface area contributed by atoms with Crippen molar-refractivity contribution in [1.82, 2.24) is 10.1 Å². The molecule has 130 valence electrons. The average molecular weight is 342 g/mol. The van der Waals surface area contributed by atoms with Crippen LogP contribution in [0.4, 0.5) is 18.9 Å². The molecule has 0 spiro atoms. The van der Waals surface area contributed by atoms with Crippen molar-refractivity contribution < 1.29 is 22.5 Å². The second kappa shape index (κ2) is 6.90. The summed E-state index contributed by atoms with van der Waals surface area (Å²) in [5, 5.41) is 3.28. The van der Waals surface area contributed by atoms with Crippen LogP contribution in [0.25, 0.3) is 0 Å². The number of nitrogens with two attached hydrogens (primary N) is 1. The number of hydrogen-bond donors (Lipinski definition) is 1. The van der Waals surface area contributed by atoms with Gasteiger partial charge in [-0.2, -0.15) is 18.2 Å². The molecule has 2 rings (SSSR count). The van der Waals surface area contributed by atoms with Crippen LogP contribution in [0.15, 0.2) is 28.8 Å². The Labute approximate surface area is 136 Å². The topological polar surface area (TPSA) is 85.2 Å². The summed E-state index contributed by atoms with van der Waals surface area (Å²) < 4.78 is 41.4. The number of carbonyl (C=O) groups is 1. The molecule has 0 aliphatic rings. The van der Waals surface area contributed by atoms with E-state index >= 15 is 0 Å². The van der Waals surface area contributed by atoms with Crippen LogP contribution in [0.3, 0.4) is 0 Å². The molecule has 2 aromatic rings. The van der Waals surface area contributed by atoms with Gasteiger partial charge in [0.2, 0.25) is 5.91 Å². The Balaban J connectivity index is 2.09. The first-order chi connectivity index (χ1) is 11.2. The second-order valence-corrected chi connectivity index (χ2v) is 5.49. The van der Waals surface area contributed by atoms with Crippen LogP contribution in [-0.4, -0.2) is 30.1 Å². The lowest BCUT2D eigenvalue weighted by molar-refractivity contribution is -0.159. The summed E-state index contributed by atoms with van der Waals surface area (Å²) in [5.74, 6) is -2.72. The lowest BCUT2D eigenvalue weighted by Gasteiger charge is -2.16. The third-order valence-corrected chi connectivity index (χ3v) is 3.52. The number of anilines is 1. The number of aromatic nitrogens is 2. The summed E-state index contributed by atoms with van der Waals surface area (Å²) in [6, 6.07) is 7.20. The highest BCUT2D eigenvalue weighted by molar-refractivity contribution is 5.82. The van der Waals surface area contributed by atoms with E-state index in [2.05, 4.69) is 14.7 Å². The van der Waals surface area contributed by atoms with Gasteiger partial charge in [-0.05, 0) is 24.1 Å². The molecule has 6 nitrogen and oxygen atoms in total. The Bertz CT molecular complexity index is 695. The minimum Gasteiger partial charge on any atom is -0.378 e. The molecule has 0 aliphatic carbocycles. The normalized spacial score (nSPS) is 12.9. The molecule has 1 unspecified atom stereocenters. The van der Waals surface area contributed by atoms with Gasteiger partial charge in [-0.25, -0.2) is 0 Å². The predicted molar refractivity (Wildman–Crippen MR) is 80.3 cm³/mol. The third-order valence-electron chi connectivity index (χ3n) is 3.52. The smallest absolute Gasteiger partial charge is 0.378 e. The number of primary amides is 1. The molecule has 24 heavy (non-hydrogen) atoms. The minimum absolute atomic E-state index is 0.0443. The number of hydrogen-bond acceptors (Lipinski definition) is 5. The maximum Gasteiger partial charge on any atom is 0.471 e. The van der Waals surface area contributed by atoms with Crippen molar-refractivity contribution in [2.75, 3.05) is 19.0 Å². The monoisotopic (exact) mass is 342 g/mol. The van der Waals surface area contributed by atoms with Gasteiger partial charge in [0, 0.05) is 26.2 Å². The van der Waals surface area contributed by atoms with E-state index in [1.54, 1.807) is 12.1 Å². The van der Waals surface area contributed by atoms with Crippen molar-refractivity contribution in [2.45, 2.75) is 24.9 Å². The van der Waals surface area contributed by atoms with E-state index < -0.39 is 23.9 Å². The Hall–Kier alpha value is -2.58. The zero-order valence-corrected chi connectivity index (χ0v) is 13.2. The molecule has 1 aromatic carbocycles. The van der Waals surface area contributed by atoms with Gasteiger partial charge in [-0.1, -0.05) is 17.3 Å². The molecule has 0 aliphatic heterocycles. The summed E-state index contributed by atoms with van der Waals surface area (Å²) >= 11 is 0. The van der Waals surface area contributed by atoms with Gasteiger partial charge in [0.15, 0.2) is 5.82 Å². The lowest BCUT2D eigenvalue weighted by Crippen LogP contribution is -2.22. The Kier molecular flexibility index (Phi) is 5.10. The van der Waals surface area contributed by atoms with Crippen molar-refractivity contribution in [3.05, 3.63) is 41.5 Å². The minimum atomic E-state index is -4.68. The first-order valence-corrected chi connectivity index (χ1v) is 7.15. The van der Waals surface area contributed by atoms with Crippen molar-refractivity contribution in [2.24, 2.45) is 5.73 Å². The van der Waals surface area contributed by atoms with E-state index in [-0.39, 0.29) is 18.7 Å². The first kappa shape index (κ1) is 17.8. The van der Waals surface area contributed by atoms with Crippen LogP contribution in [0.2, 0.25) is 0 Å². The zero-order valence-electron chi connectivity index (χ0n) is 13.2. The van der Waals surface area contributed by atoms with E-state index in [0.717, 1.165) is 5.69 Å². The maximum absolute atomic E-state index is 12.4. The standard InChI is InChI=1S/C15H17F3N4O2/c1-22(2)10-5-3-9(4-6-10)11(13(19)23)7-8-12-20-14(24-21-12)15(16,17)18/h3-6,11H,7-8H2,1-2H3,(H2,19,23). The summed E-state index contributed by atoms with van der Waals surface area (Å²) in [6.07, 6.45) is -4.45. The molecular formula is C15H17F3N4O2. The van der Waals surface area contributed by atoms with Crippen molar-refractivity contribution in [3.8, 4) is 0 Å². The van der Waals surface area contributed by atoms with Crippen molar-refractivity contribution >= 4 is 11.6 Å². The van der Waals surface area contributed by atoms with Gasteiger partial charge < -0.3 is 15.2 Å². The van der Waals surface area contributed by atoms with Crippen LogP contribution in [0, 0.1) is 0 Å². The molecule has 1 heterocycles. The lowest BCUT2D eigenvalue weighted by atomic mass is 9.93. The van der Waals surface area contributed by atoms with Gasteiger partial charge in [-0.15, -0.1) is 0 Å². The molecule has 1 aromatic heterocycles. The molecule has 0 bridgehead atoms. The number of aryl methyl sites for hydroxylation is 1. The third kappa shape index (κ3) is 4.24. The second-order valence-electron chi connectivity index (χ2n) is 5.49. The van der Waals surface area contributed by atoms with Gasteiger partial charge in [0.1, 0.15) is 0 Å². The van der Waals surface area contributed by atoms with Crippen LogP contribution < -0.4 is 10.6 Å². The molecule has 1 atom stereocenters. The van der Waals surface area contributed by atoms with Crippen molar-refractivity contribution in [3.63, 3.8) is 0 Å². The number of carbonyl (C=O) groups excluding carboxylic acids is 1. The summed E-state index contributed by atoms with van der Waals surface area (Å²) in [7, 11) is 3.77. The number of rotatable bonds is 6. The van der Waals surface area contributed by atoms with Gasteiger partial charge in [0.25, 0.3) is 0 Å². The fourth-order valence-corrected chi connectivity index (χ4v) is 2.22. The van der Waals surface area contributed by atoms with Gasteiger partial charge in [-0.3, -0.25) is 4.79 Å². The molecule has 0 saturated carbocycles. The van der Waals surface area contributed by atoms with E-state index in [0.29, 0.717) is 5.56 Å². The highest BCUT2D eigenvalue weighted by atomic mass is 19.4. The molecule has 0 fully saturated rings. The van der Waals surface area contributed by atoms with E-state index in [1.165, 1.54) is 0 Å². The number of alkyl halides is 3. The van der Waals surface area contributed by atoms with E-state index in [1.807, 2.05) is 31.1 Å². The van der Waals surface area contributed by atoms with Crippen LogP contribution in [-0.2, 0) is 17.4 Å². The fraction of sp³-hybridized carbons (Fsp3) is 0.400. The zero-order chi connectivity index (χ0) is 17.9. The largest absolute Gasteiger partial charge is 0.471 e. The van der Waals surface area contributed by atoms with Crippen LogP contribution in [0.5, 0.6) is 0 Å². The highest BCUT2D eigenvalue weighted by Crippen LogP contribution is 2.28. The van der Waals surface area contributed by atoms with E-state index in [9.17, 15) is 18.0 Å². The molecular weight excluding hydrogens is 325 g/mol. The number of amides is 1. The quantitative estimate of drug-likeness (QED) is 0.871. The summed E-state index contributed by atoms with van der Waals surface area (Å²) in [5.41, 5.74) is 7.05. The summed E-state index contributed by atoms with van der Waals surface area (Å²) in [6.45, 7) is 0. The van der Waals surface area contributed by atoms with Gasteiger partial charge in [0.05, 0.1) is 5.92 Å². The van der Waals surface area contributed by atoms with Crippen LogP contribution >= 0.6 is 0 Å². The molecule has 0 radical (unpaired) electrons. The number of halogens is 3. The van der Waals surface area contributed by atoms with Crippen molar-refractivity contribution in [1.29, 1.82) is 0 Å². The number of nitrogens with zero attached hydrogens (tertiary/aromatic N) is 3. The van der Waals surface area contributed by atoms with E-state index in [4.69, 9.17) is 5.73 Å². The number of benzene rings is 1. The average Bonchev–Trinajstić information content (AvgIpc) is 2.96. The molecule has 1 amide bonds. The molecule has 9 heteroatoms. The molecule has 2 N–H and O–H groups in total. The molecule has 0 saturated heterocycles. The highest BCUT2D eigenvalue weighted by Gasteiger charge is 2.38. The Morgan fingerprint density at radius 1 is 1.29 bits per heavy atom. The summed E-state index contributed by atoms with van der Waals surface area (Å²) in [4.78, 5) is 16.9.